The van der Waals surface area contributed by atoms with Gasteiger partial charge in [0.1, 0.15) is 0 Å². The smallest absolute Gasteiger partial charge is 0.0540 e. The lowest BCUT2D eigenvalue weighted by Crippen LogP contribution is -2.11. The van der Waals surface area contributed by atoms with Gasteiger partial charge in [-0.3, -0.25) is 0 Å². The van der Waals surface area contributed by atoms with Crippen molar-refractivity contribution in [2.45, 2.75) is 0 Å². The van der Waals surface area contributed by atoms with Crippen molar-refractivity contribution in [3.8, 4) is 33.4 Å². The Labute approximate surface area is 304 Å². The third-order valence-electron chi connectivity index (χ3n) is 9.90. The summed E-state index contributed by atoms with van der Waals surface area (Å²) in [5.41, 5.74) is 10.6. The molecule has 0 spiro atoms. The molecule has 8 aromatic carbocycles. The number of hydrogen-bond donors (Lipinski definition) is 0. The average Bonchev–Trinajstić information content (AvgIpc) is 3.77. The Morgan fingerprint density at radius 3 is 1.49 bits per heavy atom. The van der Waals surface area contributed by atoms with Crippen LogP contribution in [0.1, 0.15) is 0 Å². The summed E-state index contributed by atoms with van der Waals surface area (Å²) in [6.07, 6.45) is 0. The maximum Gasteiger partial charge on any atom is 0.0540 e. The standard InChI is InChI=1S/C48H31NS2/c1-2-10-32(11-3-1)33-18-20-35(21-19-33)39-12-4-7-15-44(39)49(38-27-29-48-43(31-38)41-14-6-9-17-46(41)51-48)37-25-22-34(23-26-37)36-24-28-47-42(30-36)40-13-5-8-16-45(40)50-47/h1-31H. The fraction of sp³-hybridized carbons (Fsp3) is 0. The summed E-state index contributed by atoms with van der Waals surface area (Å²) in [4.78, 5) is 2.42. The van der Waals surface area contributed by atoms with Crippen LogP contribution in [0.4, 0.5) is 17.1 Å². The second kappa shape index (κ2) is 12.4. The van der Waals surface area contributed by atoms with E-state index in [1.54, 1.807) is 0 Å². The number of rotatable bonds is 6. The molecule has 10 aromatic rings. The van der Waals surface area contributed by atoms with E-state index in [2.05, 4.69) is 193 Å². The molecule has 0 amide bonds. The normalized spacial score (nSPS) is 11.5. The maximum atomic E-state index is 2.42. The lowest BCUT2D eigenvalue weighted by molar-refractivity contribution is 1.29. The average molecular weight is 686 g/mol. The number of anilines is 3. The van der Waals surface area contributed by atoms with E-state index in [0.29, 0.717) is 0 Å². The van der Waals surface area contributed by atoms with Crippen LogP contribution in [-0.4, -0.2) is 0 Å². The molecule has 2 aromatic heterocycles. The Hall–Kier alpha value is -6.00. The molecule has 3 heteroatoms. The monoisotopic (exact) mass is 685 g/mol. The molecule has 0 aliphatic carbocycles. The number of para-hydroxylation sites is 1. The molecule has 0 bridgehead atoms. The van der Waals surface area contributed by atoms with Crippen LogP contribution in [0.25, 0.3) is 73.7 Å². The Kier molecular flexibility index (Phi) is 7.26. The molecule has 0 N–H and O–H groups in total. The lowest BCUT2D eigenvalue weighted by Gasteiger charge is -2.28. The second-order valence-corrected chi connectivity index (χ2v) is 15.1. The third kappa shape index (κ3) is 5.30. The quantitative estimate of drug-likeness (QED) is 0.168. The van der Waals surface area contributed by atoms with Crippen LogP contribution in [0.3, 0.4) is 0 Å². The number of thiophene rings is 2. The van der Waals surface area contributed by atoms with Crippen LogP contribution < -0.4 is 4.90 Å². The van der Waals surface area contributed by atoms with Crippen molar-refractivity contribution < 1.29 is 0 Å². The van der Waals surface area contributed by atoms with E-state index in [-0.39, 0.29) is 0 Å². The maximum absolute atomic E-state index is 2.42. The van der Waals surface area contributed by atoms with Crippen molar-refractivity contribution in [2.24, 2.45) is 0 Å². The van der Waals surface area contributed by atoms with E-state index in [1.807, 2.05) is 22.7 Å². The highest BCUT2D eigenvalue weighted by Crippen LogP contribution is 2.44. The lowest BCUT2D eigenvalue weighted by atomic mass is 9.98. The van der Waals surface area contributed by atoms with Crippen molar-refractivity contribution in [1.82, 2.24) is 0 Å². The van der Waals surface area contributed by atoms with Gasteiger partial charge in [0.25, 0.3) is 0 Å². The predicted molar refractivity (Wildman–Crippen MR) is 223 cm³/mol. The van der Waals surface area contributed by atoms with Crippen molar-refractivity contribution >= 4 is 80.1 Å². The van der Waals surface area contributed by atoms with Gasteiger partial charge in [0, 0.05) is 57.3 Å². The van der Waals surface area contributed by atoms with Crippen LogP contribution in [0, 0.1) is 0 Å². The van der Waals surface area contributed by atoms with E-state index in [0.717, 1.165) is 17.1 Å². The molecule has 0 saturated carbocycles. The first-order valence-corrected chi connectivity index (χ1v) is 18.9. The van der Waals surface area contributed by atoms with Gasteiger partial charge in [-0.1, -0.05) is 127 Å². The topological polar surface area (TPSA) is 3.24 Å². The molecule has 2 heterocycles. The first kappa shape index (κ1) is 29.9. The highest BCUT2D eigenvalue weighted by Gasteiger charge is 2.19. The summed E-state index contributed by atoms with van der Waals surface area (Å²) in [6, 6.07) is 68.7. The van der Waals surface area contributed by atoms with Gasteiger partial charge in [-0.05, 0) is 88.5 Å². The Balaban J connectivity index is 1.11. The summed E-state index contributed by atoms with van der Waals surface area (Å²) in [7, 11) is 0. The molecular weight excluding hydrogens is 655 g/mol. The summed E-state index contributed by atoms with van der Waals surface area (Å²) in [6.45, 7) is 0. The third-order valence-corrected chi connectivity index (χ3v) is 12.2. The fourth-order valence-corrected chi connectivity index (χ4v) is 9.55. The van der Waals surface area contributed by atoms with Gasteiger partial charge < -0.3 is 4.90 Å². The van der Waals surface area contributed by atoms with Crippen molar-refractivity contribution in [3.63, 3.8) is 0 Å². The van der Waals surface area contributed by atoms with E-state index < -0.39 is 0 Å². The van der Waals surface area contributed by atoms with E-state index in [9.17, 15) is 0 Å². The van der Waals surface area contributed by atoms with E-state index in [4.69, 9.17) is 0 Å². The first-order valence-electron chi connectivity index (χ1n) is 17.2. The number of nitrogens with zero attached hydrogens (tertiary/aromatic N) is 1. The zero-order valence-electron chi connectivity index (χ0n) is 27.7. The minimum Gasteiger partial charge on any atom is -0.310 e. The highest BCUT2D eigenvalue weighted by atomic mass is 32.1. The molecule has 0 aliphatic heterocycles. The molecule has 0 unspecified atom stereocenters. The highest BCUT2D eigenvalue weighted by molar-refractivity contribution is 7.26. The number of benzene rings is 8. The first-order chi connectivity index (χ1) is 25.3. The molecular formula is C48H31NS2. The molecule has 0 saturated heterocycles. The number of fused-ring (bicyclic) bond motifs is 6. The zero-order valence-corrected chi connectivity index (χ0v) is 29.3. The summed E-state index contributed by atoms with van der Waals surface area (Å²) >= 11 is 3.72. The molecule has 51 heavy (non-hydrogen) atoms. The minimum absolute atomic E-state index is 1.12. The number of hydrogen-bond acceptors (Lipinski definition) is 3. The second-order valence-electron chi connectivity index (χ2n) is 12.9. The van der Waals surface area contributed by atoms with Gasteiger partial charge in [0.15, 0.2) is 0 Å². The molecule has 0 fully saturated rings. The Morgan fingerprint density at radius 2 is 0.765 bits per heavy atom. The Morgan fingerprint density at radius 1 is 0.294 bits per heavy atom. The van der Waals surface area contributed by atoms with Crippen LogP contribution in [0.5, 0.6) is 0 Å². The molecule has 10 rings (SSSR count). The summed E-state index contributed by atoms with van der Waals surface area (Å²) < 4.78 is 5.28. The van der Waals surface area contributed by atoms with Crippen molar-refractivity contribution in [3.05, 3.63) is 188 Å². The summed E-state index contributed by atoms with van der Waals surface area (Å²) in [5.74, 6) is 0. The van der Waals surface area contributed by atoms with Crippen LogP contribution >= 0.6 is 22.7 Å². The molecule has 0 aliphatic rings. The van der Waals surface area contributed by atoms with Gasteiger partial charge in [-0.15, -0.1) is 22.7 Å². The van der Waals surface area contributed by atoms with Crippen molar-refractivity contribution in [1.29, 1.82) is 0 Å². The van der Waals surface area contributed by atoms with Crippen molar-refractivity contribution in [2.75, 3.05) is 4.90 Å². The van der Waals surface area contributed by atoms with Gasteiger partial charge >= 0.3 is 0 Å². The van der Waals surface area contributed by atoms with Gasteiger partial charge in [0.05, 0.1) is 5.69 Å². The zero-order chi connectivity index (χ0) is 33.7. The largest absolute Gasteiger partial charge is 0.310 e. The minimum atomic E-state index is 1.12. The molecule has 0 radical (unpaired) electrons. The molecule has 0 atom stereocenters. The SMILES string of the molecule is c1ccc(-c2ccc(-c3ccccc3N(c3ccc(-c4ccc5sc6ccccc6c5c4)cc3)c3ccc4sc5ccccc5c4c3)cc2)cc1. The fourth-order valence-electron chi connectivity index (χ4n) is 7.37. The van der Waals surface area contributed by atoms with Gasteiger partial charge in [0.2, 0.25) is 0 Å². The van der Waals surface area contributed by atoms with Crippen LogP contribution in [-0.2, 0) is 0 Å². The van der Waals surface area contributed by atoms with Gasteiger partial charge in [-0.25, -0.2) is 0 Å². The molecule has 240 valence electrons. The van der Waals surface area contributed by atoms with E-state index >= 15 is 0 Å². The van der Waals surface area contributed by atoms with Crippen LogP contribution in [0.2, 0.25) is 0 Å². The summed E-state index contributed by atoms with van der Waals surface area (Å²) in [5, 5.41) is 5.24. The van der Waals surface area contributed by atoms with E-state index in [1.165, 1.54) is 73.7 Å². The van der Waals surface area contributed by atoms with Gasteiger partial charge in [-0.2, -0.15) is 0 Å². The van der Waals surface area contributed by atoms with Crippen LogP contribution in [0.15, 0.2) is 188 Å². The molecule has 1 nitrogen and oxygen atoms in total. The predicted octanol–water partition coefficient (Wildman–Crippen LogP) is 14.9. The Bertz CT molecular complexity index is 2840.